The molecule has 0 aromatic carbocycles. The Bertz CT molecular complexity index is 19.2. The normalized spacial score (nSPS) is 10.0. The van der Waals surface area contributed by atoms with Gasteiger partial charge in [0.1, 0.15) is 0 Å². The second-order valence-corrected chi connectivity index (χ2v) is 1.68. The second-order valence-electron chi connectivity index (χ2n) is 1.68. The molecule has 0 N–H and O–H groups in total. The van der Waals surface area contributed by atoms with E-state index in [4.69, 9.17) is 0 Å². The van der Waals surface area contributed by atoms with Crippen LogP contribution in [0.1, 0.15) is 26.7 Å². The summed E-state index contributed by atoms with van der Waals surface area (Å²) in [5, 5.41) is 0. The standard InChI is InChI=1S/C6H13/c1-4-6(3)5-2/h6H,3-5H2,1-2H3. The highest BCUT2D eigenvalue weighted by atomic mass is 13.9. The van der Waals surface area contributed by atoms with Gasteiger partial charge in [-0.05, 0) is 5.92 Å². The van der Waals surface area contributed by atoms with Gasteiger partial charge >= 0.3 is 0 Å². The van der Waals surface area contributed by atoms with Crippen LogP contribution in [0.25, 0.3) is 0 Å². The number of hydrogen-bond acceptors (Lipinski definition) is 0. The zero-order valence-electron chi connectivity index (χ0n) is 4.70. The lowest BCUT2D eigenvalue weighted by Gasteiger charge is -1.98. The molecule has 0 aromatic heterocycles. The van der Waals surface area contributed by atoms with E-state index in [9.17, 15) is 0 Å². The van der Waals surface area contributed by atoms with Gasteiger partial charge in [-0.1, -0.05) is 33.6 Å². The van der Waals surface area contributed by atoms with Crippen molar-refractivity contribution in [1.82, 2.24) is 0 Å². The average Bonchev–Trinajstić information content (AvgIpc) is 1.65. The molecule has 0 aromatic rings. The first-order valence-corrected chi connectivity index (χ1v) is 2.64. The van der Waals surface area contributed by atoms with E-state index in [1.807, 2.05) is 0 Å². The van der Waals surface area contributed by atoms with E-state index >= 15 is 0 Å². The van der Waals surface area contributed by atoms with E-state index in [2.05, 4.69) is 20.8 Å². The van der Waals surface area contributed by atoms with E-state index in [-0.39, 0.29) is 0 Å². The Balaban J connectivity index is 2.75. The molecule has 0 aliphatic carbocycles. The molecule has 0 bridgehead atoms. The van der Waals surface area contributed by atoms with Gasteiger partial charge in [-0.15, -0.1) is 0 Å². The van der Waals surface area contributed by atoms with Gasteiger partial charge in [0, 0.05) is 0 Å². The van der Waals surface area contributed by atoms with Crippen molar-refractivity contribution in [2.24, 2.45) is 5.92 Å². The van der Waals surface area contributed by atoms with E-state index in [1.54, 1.807) is 0 Å². The molecule has 1 radical (unpaired) electrons. The average molecular weight is 85.2 g/mol. The maximum atomic E-state index is 3.88. The summed E-state index contributed by atoms with van der Waals surface area (Å²) in [4.78, 5) is 0. The van der Waals surface area contributed by atoms with Crippen molar-refractivity contribution in [3.05, 3.63) is 6.92 Å². The summed E-state index contributed by atoms with van der Waals surface area (Å²) < 4.78 is 0. The summed E-state index contributed by atoms with van der Waals surface area (Å²) in [6, 6.07) is 0. The van der Waals surface area contributed by atoms with Crippen molar-refractivity contribution in [2.45, 2.75) is 26.7 Å². The molecule has 0 rings (SSSR count). The SMILES string of the molecule is [CH2]C(CC)CC. The highest BCUT2D eigenvalue weighted by Gasteiger charge is 1.88. The summed E-state index contributed by atoms with van der Waals surface area (Å²) in [7, 11) is 0. The molecule has 0 aliphatic heterocycles. The third-order valence-electron chi connectivity index (χ3n) is 1.15. The van der Waals surface area contributed by atoms with Gasteiger partial charge in [0.2, 0.25) is 0 Å². The largest absolute Gasteiger partial charge is 0.0651 e. The van der Waals surface area contributed by atoms with Crippen LogP contribution in [-0.2, 0) is 0 Å². The second kappa shape index (κ2) is 3.20. The fourth-order valence-electron chi connectivity index (χ4n) is 0.289. The summed E-state index contributed by atoms with van der Waals surface area (Å²) in [5.74, 6) is 0.685. The van der Waals surface area contributed by atoms with Crippen molar-refractivity contribution in [2.75, 3.05) is 0 Å². The van der Waals surface area contributed by atoms with Crippen molar-refractivity contribution in [3.63, 3.8) is 0 Å². The molecule has 0 saturated heterocycles. The molecule has 0 saturated carbocycles. The van der Waals surface area contributed by atoms with E-state index in [1.165, 1.54) is 12.8 Å². The molecule has 0 atom stereocenters. The van der Waals surface area contributed by atoms with Crippen LogP contribution in [0.5, 0.6) is 0 Å². The Morgan fingerprint density at radius 3 is 1.67 bits per heavy atom. The van der Waals surface area contributed by atoms with E-state index in [0.29, 0.717) is 5.92 Å². The minimum absolute atomic E-state index is 0.685. The fraction of sp³-hybridized carbons (Fsp3) is 0.833. The first-order chi connectivity index (χ1) is 2.81. The molecule has 37 valence electrons. The molecule has 0 fully saturated rings. The Labute approximate surface area is 40.6 Å². The Hall–Kier alpha value is 0. The van der Waals surface area contributed by atoms with Crippen LogP contribution in [0.15, 0.2) is 0 Å². The molecule has 0 heterocycles. The third kappa shape index (κ3) is 2.25. The topological polar surface area (TPSA) is 0 Å². The molecule has 0 aliphatic rings. The van der Waals surface area contributed by atoms with Gasteiger partial charge in [-0.3, -0.25) is 0 Å². The Morgan fingerprint density at radius 1 is 1.33 bits per heavy atom. The fourth-order valence-corrected chi connectivity index (χ4v) is 0.289. The lowest BCUT2D eigenvalue weighted by molar-refractivity contribution is 0.602. The minimum atomic E-state index is 0.685. The van der Waals surface area contributed by atoms with Gasteiger partial charge in [0.25, 0.3) is 0 Å². The molecular weight excluding hydrogens is 72.1 g/mol. The van der Waals surface area contributed by atoms with Crippen LogP contribution in [0.3, 0.4) is 0 Å². The zero-order valence-corrected chi connectivity index (χ0v) is 4.70. The smallest absolute Gasteiger partial charge is 0.0419 e. The van der Waals surface area contributed by atoms with Crippen LogP contribution in [0.2, 0.25) is 0 Å². The molecule has 0 amide bonds. The van der Waals surface area contributed by atoms with Gasteiger partial charge < -0.3 is 0 Å². The first kappa shape index (κ1) is 6.00. The van der Waals surface area contributed by atoms with Crippen LogP contribution in [-0.4, -0.2) is 0 Å². The summed E-state index contributed by atoms with van der Waals surface area (Å²) in [5.41, 5.74) is 0. The predicted molar refractivity (Wildman–Crippen MR) is 29.4 cm³/mol. The van der Waals surface area contributed by atoms with Crippen LogP contribution >= 0.6 is 0 Å². The van der Waals surface area contributed by atoms with Gasteiger partial charge in [0.05, 0.1) is 0 Å². The molecule has 0 nitrogen and oxygen atoms in total. The Morgan fingerprint density at radius 2 is 1.67 bits per heavy atom. The van der Waals surface area contributed by atoms with Gasteiger partial charge in [0.15, 0.2) is 0 Å². The monoisotopic (exact) mass is 85.1 g/mol. The molecule has 0 unspecified atom stereocenters. The van der Waals surface area contributed by atoms with Crippen molar-refractivity contribution >= 4 is 0 Å². The molecule has 6 heavy (non-hydrogen) atoms. The maximum Gasteiger partial charge on any atom is -0.0419 e. The van der Waals surface area contributed by atoms with Crippen LogP contribution in [0, 0.1) is 12.8 Å². The van der Waals surface area contributed by atoms with Crippen LogP contribution in [0.4, 0.5) is 0 Å². The number of rotatable bonds is 2. The first-order valence-electron chi connectivity index (χ1n) is 2.64. The summed E-state index contributed by atoms with van der Waals surface area (Å²) in [6.07, 6.45) is 2.44. The summed E-state index contributed by atoms with van der Waals surface area (Å²) in [6.45, 7) is 8.21. The lowest BCUT2D eigenvalue weighted by atomic mass is 10.1. The van der Waals surface area contributed by atoms with Crippen molar-refractivity contribution < 1.29 is 0 Å². The van der Waals surface area contributed by atoms with Crippen molar-refractivity contribution in [3.8, 4) is 0 Å². The predicted octanol–water partition coefficient (Wildman–Crippen LogP) is 2.26. The molecule has 0 spiro atoms. The minimum Gasteiger partial charge on any atom is -0.0651 e. The maximum absolute atomic E-state index is 3.88. The number of hydrogen-bond donors (Lipinski definition) is 0. The van der Waals surface area contributed by atoms with E-state index < -0.39 is 0 Å². The molecular formula is C6H13. The highest BCUT2D eigenvalue weighted by Crippen LogP contribution is 2.02. The molecule has 0 heteroatoms. The van der Waals surface area contributed by atoms with E-state index in [0.717, 1.165) is 0 Å². The third-order valence-corrected chi connectivity index (χ3v) is 1.15. The van der Waals surface area contributed by atoms with Crippen LogP contribution < -0.4 is 0 Å². The summed E-state index contributed by atoms with van der Waals surface area (Å²) >= 11 is 0. The Kier molecular flexibility index (Phi) is 3.20. The highest BCUT2D eigenvalue weighted by molar-refractivity contribution is 4.53. The van der Waals surface area contributed by atoms with Gasteiger partial charge in [-0.2, -0.15) is 0 Å². The van der Waals surface area contributed by atoms with Gasteiger partial charge in [-0.25, -0.2) is 0 Å². The quantitative estimate of drug-likeness (QED) is 0.482. The van der Waals surface area contributed by atoms with Crippen molar-refractivity contribution in [1.29, 1.82) is 0 Å². The zero-order chi connectivity index (χ0) is 4.99. The lowest BCUT2D eigenvalue weighted by Crippen LogP contribution is -1.85.